The van der Waals surface area contributed by atoms with Gasteiger partial charge in [0.25, 0.3) is 0 Å². The predicted molar refractivity (Wildman–Crippen MR) is 74.2 cm³/mol. The van der Waals surface area contributed by atoms with Crippen LogP contribution < -0.4 is 4.74 Å². The predicted octanol–water partition coefficient (Wildman–Crippen LogP) is 1.43. The second-order valence-corrected chi connectivity index (χ2v) is 7.29. The van der Waals surface area contributed by atoms with Crippen LogP contribution in [0, 0.1) is 17.7 Å². The largest absolute Gasteiger partial charge is 0.493 e. The third kappa shape index (κ3) is 4.17. The van der Waals surface area contributed by atoms with Gasteiger partial charge in [-0.2, -0.15) is 0 Å². The molecule has 0 aliphatic carbocycles. The molecule has 1 aromatic rings. The Morgan fingerprint density at radius 2 is 2.05 bits per heavy atom. The van der Waals surface area contributed by atoms with E-state index in [-0.39, 0.29) is 29.8 Å². The van der Waals surface area contributed by atoms with Crippen molar-refractivity contribution in [3.63, 3.8) is 0 Å². The van der Waals surface area contributed by atoms with Crippen molar-refractivity contribution >= 4 is 15.8 Å². The van der Waals surface area contributed by atoms with E-state index in [4.69, 9.17) is 9.47 Å². The normalized spacial score (nSPS) is 21.7. The lowest BCUT2D eigenvalue weighted by atomic mass is 9.92. The molecule has 2 rings (SSSR count). The Kier molecular flexibility index (Phi) is 4.82. The van der Waals surface area contributed by atoms with Crippen molar-refractivity contribution in [2.75, 3.05) is 25.2 Å². The zero-order chi connectivity index (χ0) is 15.5. The minimum atomic E-state index is -3.08. The molecule has 2 unspecified atom stereocenters. The number of carbonyl (C=O) groups is 1. The van der Waals surface area contributed by atoms with E-state index in [1.807, 2.05) is 0 Å². The van der Waals surface area contributed by atoms with Gasteiger partial charge in [0.15, 0.2) is 9.84 Å². The summed E-state index contributed by atoms with van der Waals surface area (Å²) in [6.07, 6.45) is 0.425. The molecule has 1 aliphatic heterocycles. The van der Waals surface area contributed by atoms with Gasteiger partial charge in [-0.1, -0.05) is 0 Å². The van der Waals surface area contributed by atoms with Gasteiger partial charge in [-0.05, 0) is 36.6 Å². The minimum Gasteiger partial charge on any atom is -0.493 e. The van der Waals surface area contributed by atoms with Crippen molar-refractivity contribution in [1.29, 1.82) is 0 Å². The SMILES string of the molecule is COC(=O)C(COc1ccc(F)cc1)C1CCS(=O)(=O)C1. The van der Waals surface area contributed by atoms with E-state index >= 15 is 0 Å². The van der Waals surface area contributed by atoms with Crippen LogP contribution in [0.5, 0.6) is 5.75 Å². The molecule has 1 heterocycles. The lowest BCUT2D eigenvalue weighted by Gasteiger charge is -2.20. The van der Waals surface area contributed by atoms with Gasteiger partial charge in [0, 0.05) is 0 Å². The fourth-order valence-electron chi connectivity index (χ4n) is 2.41. The van der Waals surface area contributed by atoms with Crippen molar-refractivity contribution in [1.82, 2.24) is 0 Å². The number of halogens is 1. The van der Waals surface area contributed by atoms with Gasteiger partial charge in [-0.3, -0.25) is 4.79 Å². The van der Waals surface area contributed by atoms with Gasteiger partial charge in [0.05, 0.1) is 24.5 Å². The molecule has 5 nitrogen and oxygen atoms in total. The van der Waals surface area contributed by atoms with E-state index in [0.29, 0.717) is 12.2 Å². The van der Waals surface area contributed by atoms with Crippen LogP contribution in [0.15, 0.2) is 24.3 Å². The summed E-state index contributed by atoms with van der Waals surface area (Å²) < 4.78 is 46.1. The highest BCUT2D eigenvalue weighted by Gasteiger charge is 2.38. The molecule has 0 aromatic heterocycles. The van der Waals surface area contributed by atoms with Crippen LogP contribution in [0.3, 0.4) is 0 Å². The molecule has 2 atom stereocenters. The summed E-state index contributed by atoms with van der Waals surface area (Å²) in [6, 6.07) is 5.41. The third-order valence-electron chi connectivity index (χ3n) is 3.58. The number of sulfone groups is 1. The van der Waals surface area contributed by atoms with E-state index in [1.54, 1.807) is 0 Å². The molecule has 7 heteroatoms. The minimum absolute atomic E-state index is 0.0124. The fourth-order valence-corrected chi connectivity index (χ4v) is 4.29. The second-order valence-electron chi connectivity index (χ2n) is 5.06. The van der Waals surface area contributed by atoms with Gasteiger partial charge >= 0.3 is 5.97 Å². The zero-order valence-electron chi connectivity index (χ0n) is 11.6. The average Bonchev–Trinajstić information content (AvgIpc) is 2.81. The molecular weight excluding hydrogens is 299 g/mol. The molecule has 0 radical (unpaired) electrons. The smallest absolute Gasteiger partial charge is 0.312 e. The molecule has 116 valence electrons. The van der Waals surface area contributed by atoms with E-state index in [1.165, 1.54) is 31.4 Å². The Bertz CT molecular complexity index is 596. The Balaban J connectivity index is 2.03. The van der Waals surface area contributed by atoms with Crippen molar-refractivity contribution in [3.05, 3.63) is 30.1 Å². The fraction of sp³-hybridized carbons (Fsp3) is 0.500. The van der Waals surface area contributed by atoms with Crippen LogP contribution in [0.1, 0.15) is 6.42 Å². The summed E-state index contributed by atoms with van der Waals surface area (Å²) in [5, 5.41) is 0. The van der Waals surface area contributed by atoms with Crippen LogP contribution in [0.2, 0.25) is 0 Å². The molecular formula is C14H17FO5S. The maximum atomic E-state index is 12.8. The van der Waals surface area contributed by atoms with Crippen LogP contribution in [-0.2, 0) is 19.4 Å². The number of carbonyl (C=O) groups excluding carboxylic acids is 1. The molecule has 1 aliphatic rings. The molecule has 0 saturated carbocycles. The van der Waals surface area contributed by atoms with Gasteiger partial charge in [-0.15, -0.1) is 0 Å². The lowest BCUT2D eigenvalue weighted by molar-refractivity contribution is -0.148. The lowest BCUT2D eigenvalue weighted by Crippen LogP contribution is -2.31. The van der Waals surface area contributed by atoms with E-state index in [0.717, 1.165) is 0 Å². The van der Waals surface area contributed by atoms with Crippen molar-refractivity contribution in [2.45, 2.75) is 6.42 Å². The first-order chi connectivity index (χ1) is 9.91. The van der Waals surface area contributed by atoms with Gasteiger partial charge in [0.2, 0.25) is 0 Å². The monoisotopic (exact) mass is 316 g/mol. The first kappa shape index (κ1) is 15.8. The van der Waals surface area contributed by atoms with Crippen molar-refractivity contribution in [2.24, 2.45) is 11.8 Å². The van der Waals surface area contributed by atoms with Gasteiger partial charge < -0.3 is 9.47 Å². The molecule has 0 spiro atoms. The third-order valence-corrected chi connectivity index (χ3v) is 5.38. The Morgan fingerprint density at radius 3 is 2.57 bits per heavy atom. The number of benzene rings is 1. The molecule has 21 heavy (non-hydrogen) atoms. The molecule has 1 saturated heterocycles. The maximum Gasteiger partial charge on any atom is 0.312 e. The highest BCUT2D eigenvalue weighted by molar-refractivity contribution is 7.91. The molecule has 0 bridgehead atoms. The summed E-state index contributed by atoms with van der Waals surface area (Å²) in [5.41, 5.74) is 0. The Labute approximate surface area is 123 Å². The quantitative estimate of drug-likeness (QED) is 0.769. The van der Waals surface area contributed by atoms with E-state index < -0.39 is 21.7 Å². The molecule has 1 fully saturated rings. The summed E-state index contributed by atoms with van der Waals surface area (Å²) >= 11 is 0. The highest BCUT2D eigenvalue weighted by Crippen LogP contribution is 2.28. The standard InChI is InChI=1S/C14H17FO5S/c1-19-14(16)13(10-6-7-21(17,18)9-10)8-20-12-4-2-11(15)3-5-12/h2-5,10,13H,6-9H2,1H3. The highest BCUT2D eigenvalue weighted by atomic mass is 32.2. The molecule has 0 N–H and O–H groups in total. The van der Waals surface area contributed by atoms with Gasteiger partial charge in [0.1, 0.15) is 18.2 Å². The number of ether oxygens (including phenoxy) is 2. The number of hydrogen-bond acceptors (Lipinski definition) is 5. The summed E-state index contributed by atoms with van der Waals surface area (Å²) in [6.45, 7) is 0.0124. The zero-order valence-corrected chi connectivity index (χ0v) is 12.4. The van der Waals surface area contributed by atoms with Crippen LogP contribution in [-0.4, -0.2) is 39.6 Å². The molecule has 0 amide bonds. The number of methoxy groups -OCH3 is 1. The van der Waals surface area contributed by atoms with Crippen LogP contribution in [0.25, 0.3) is 0 Å². The van der Waals surface area contributed by atoms with Crippen LogP contribution in [0.4, 0.5) is 4.39 Å². The van der Waals surface area contributed by atoms with Crippen molar-refractivity contribution < 1.29 is 27.1 Å². The van der Waals surface area contributed by atoms with Crippen LogP contribution >= 0.6 is 0 Å². The number of rotatable bonds is 5. The molecule has 1 aromatic carbocycles. The second kappa shape index (κ2) is 6.43. The number of esters is 1. The summed E-state index contributed by atoms with van der Waals surface area (Å²) in [7, 11) is -1.82. The Morgan fingerprint density at radius 1 is 1.38 bits per heavy atom. The van der Waals surface area contributed by atoms with Crippen molar-refractivity contribution in [3.8, 4) is 5.75 Å². The number of hydrogen-bond donors (Lipinski definition) is 0. The Hall–Kier alpha value is -1.63. The van der Waals surface area contributed by atoms with Gasteiger partial charge in [-0.25, -0.2) is 12.8 Å². The first-order valence-corrected chi connectivity index (χ1v) is 8.40. The summed E-state index contributed by atoms with van der Waals surface area (Å²) in [5.74, 6) is -1.33. The summed E-state index contributed by atoms with van der Waals surface area (Å²) in [4.78, 5) is 11.8. The topological polar surface area (TPSA) is 69.7 Å². The van der Waals surface area contributed by atoms with E-state index in [9.17, 15) is 17.6 Å². The van der Waals surface area contributed by atoms with E-state index in [2.05, 4.69) is 0 Å². The first-order valence-electron chi connectivity index (χ1n) is 6.58. The maximum absolute atomic E-state index is 12.8. The average molecular weight is 316 g/mol.